The Bertz CT molecular complexity index is 781. The van der Waals surface area contributed by atoms with Crippen LogP contribution in [0.25, 0.3) is 0 Å². The molecule has 0 unspecified atom stereocenters. The Balaban J connectivity index is 1.92. The summed E-state index contributed by atoms with van der Waals surface area (Å²) in [5.41, 5.74) is 5.22. The Morgan fingerprint density at radius 1 is 1.07 bits per heavy atom. The average Bonchev–Trinajstić information content (AvgIpc) is 2.65. The Kier molecular flexibility index (Phi) is 7.03. The van der Waals surface area contributed by atoms with E-state index in [9.17, 15) is 19.2 Å². The van der Waals surface area contributed by atoms with Crippen molar-refractivity contribution >= 4 is 29.6 Å². The Morgan fingerprint density at radius 3 is 2.28 bits per heavy atom. The van der Waals surface area contributed by atoms with Gasteiger partial charge in [0.1, 0.15) is 5.60 Å². The number of hydrogen-bond acceptors (Lipinski definition) is 5. The van der Waals surface area contributed by atoms with Gasteiger partial charge in [0.25, 0.3) is 5.91 Å². The van der Waals surface area contributed by atoms with Gasteiger partial charge in [0, 0.05) is 37.4 Å². The van der Waals surface area contributed by atoms with Gasteiger partial charge in [-0.25, -0.2) is 9.59 Å². The fraction of sp³-hybridized carbons (Fsp3) is 0.474. The number of primary amides is 1. The molecule has 29 heavy (non-hydrogen) atoms. The van der Waals surface area contributed by atoms with Crippen molar-refractivity contribution in [3.63, 3.8) is 0 Å². The Labute approximate surface area is 169 Å². The molecule has 1 aliphatic heterocycles. The van der Waals surface area contributed by atoms with E-state index in [4.69, 9.17) is 10.5 Å². The van der Waals surface area contributed by atoms with E-state index in [0.29, 0.717) is 37.4 Å². The molecule has 1 aliphatic rings. The maximum absolute atomic E-state index is 12.8. The smallest absolute Gasteiger partial charge is 0.410 e. The molecule has 0 atom stereocenters. The van der Waals surface area contributed by atoms with Crippen LogP contribution in [0, 0.1) is 0 Å². The first-order valence-electron chi connectivity index (χ1n) is 9.25. The van der Waals surface area contributed by atoms with Crippen LogP contribution >= 0.6 is 0 Å². The number of carbonyl (C=O) groups is 4. The Hall–Kier alpha value is -3.30. The minimum absolute atomic E-state index is 0.199. The molecular formula is C19H27N5O5. The van der Waals surface area contributed by atoms with Gasteiger partial charge in [-0.05, 0) is 39.0 Å². The molecule has 10 nitrogen and oxygen atoms in total. The summed E-state index contributed by atoms with van der Waals surface area (Å²) in [5.74, 6) is -0.857. The quantitative estimate of drug-likeness (QED) is 0.687. The molecule has 10 heteroatoms. The van der Waals surface area contributed by atoms with Crippen LogP contribution in [0.3, 0.4) is 0 Å². The molecule has 2 rings (SSSR count). The highest BCUT2D eigenvalue weighted by atomic mass is 16.6. The molecule has 0 bridgehead atoms. The number of ether oxygens (including phenoxy) is 1. The minimum Gasteiger partial charge on any atom is -0.444 e. The lowest BCUT2D eigenvalue weighted by Crippen LogP contribution is -2.51. The summed E-state index contributed by atoms with van der Waals surface area (Å²) in [7, 11) is 0. The number of anilines is 1. The SMILES string of the molecule is CC(C)(C)OC(=O)N1CCN(C(=O)c2cccc(NC(=O)NCC(N)=O)c2)CC1. The summed E-state index contributed by atoms with van der Waals surface area (Å²) in [6.07, 6.45) is -0.391. The van der Waals surface area contributed by atoms with Gasteiger partial charge in [-0.2, -0.15) is 0 Å². The highest BCUT2D eigenvalue weighted by Gasteiger charge is 2.28. The highest BCUT2D eigenvalue weighted by Crippen LogP contribution is 2.16. The van der Waals surface area contributed by atoms with Crippen LogP contribution < -0.4 is 16.4 Å². The predicted octanol–water partition coefficient (Wildman–Crippen LogP) is 0.986. The van der Waals surface area contributed by atoms with Crippen LogP contribution in [0.15, 0.2) is 24.3 Å². The zero-order valence-corrected chi connectivity index (χ0v) is 16.9. The lowest BCUT2D eigenvalue weighted by molar-refractivity contribution is -0.117. The molecule has 0 saturated carbocycles. The van der Waals surface area contributed by atoms with Gasteiger partial charge in [0.05, 0.1) is 6.54 Å². The first kappa shape index (κ1) is 22.0. The van der Waals surface area contributed by atoms with Crippen molar-refractivity contribution in [2.45, 2.75) is 26.4 Å². The average molecular weight is 405 g/mol. The van der Waals surface area contributed by atoms with E-state index in [-0.39, 0.29) is 12.5 Å². The lowest BCUT2D eigenvalue weighted by atomic mass is 10.1. The van der Waals surface area contributed by atoms with Crippen molar-refractivity contribution < 1.29 is 23.9 Å². The summed E-state index contributed by atoms with van der Waals surface area (Å²) < 4.78 is 5.35. The predicted molar refractivity (Wildman–Crippen MR) is 106 cm³/mol. The molecule has 0 aromatic heterocycles. The number of nitrogens with one attached hydrogen (secondary N) is 2. The van der Waals surface area contributed by atoms with E-state index in [1.807, 2.05) is 0 Å². The third-order valence-electron chi connectivity index (χ3n) is 4.01. The number of piperazine rings is 1. The third kappa shape index (κ3) is 6.98. The van der Waals surface area contributed by atoms with Crippen molar-refractivity contribution in [2.75, 3.05) is 38.0 Å². The molecule has 0 aliphatic carbocycles. The maximum Gasteiger partial charge on any atom is 0.410 e. The number of hydrogen-bond donors (Lipinski definition) is 3. The molecule has 0 spiro atoms. The molecule has 0 radical (unpaired) electrons. The van der Waals surface area contributed by atoms with E-state index < -0.39 is 23.6 Å². The molecule has 4 N–H and O–H groups in total. The van der Waals surface area contributed by atoms with Crippen LogP contribution in [0.1, 0.15) is 31.1 Å². The van der Waals surface area contributed by atoms with E-state index >= 15 is 0 Å². The van der Waals surface area contributed by atoms with E-state index in [1.165, 1.54) is 0 Å². The van der Waals surface area contributed by atoms with Crippen LogP contribution in [-0.2, 0) is 9.53 Å². The summed E-state index contributed by atoms with van der Waals surface area (Å²) in [4.78, 5) is 50.5. The van der Waals surface area contributed by atoms with Crippen LogP contribution in [0.5, 0.6) is 0 Å². The second-order valence-corrected chi connectivity index (χ2v) is 7.61. The lowest BCUT2D eigenvalue weighted by Gasteiger charge is -2.35. The normalized spacial score (nSPS) is 14.2. The van der Waals surface area contributed by atoms with Crippen molar-refractivity contribution in [3.8, 4) is 0 Å². The zero-order chi connectivity index (χ0) is 21.6. The molecule has 1 fully saturated rings. The highest BCUT2D eigenvalue weighted by molar-refractivity contribution is 5.97. The monoisotopic (exact) mass is 405 g/mol. The standard InChI is InChI=1S/C19H27N5O5/c1-19(2,3)29-18(28)24-9-7-23(8-10-24)16(26)13-5-4-6-14(11-13)22-17(27)21-12-15(20)25/h4-6,11H,7-10,12H2,1-3H3,(H2,20,25)(H2,21,22,27). The summed E-state index contributed by atoms with van der Waals surface area (Å²) in [6.45, 7) is 6.66. The molecule has 1 aromatic rings. The van der Waals surface area contributed by atoms with Gasteiger partial charge in [-0.1, -0.05) is 6.07 Å². The number of nitrogens with zero attached hydrogens (tertiary/aromatic N) is 2. The van der Waals surface area contributed by atoms with Gasteiger partial charge in [-0.15, -0.1) is 0 Å². The molecule has 1 aromatic carbocycles. The minimum atomic E-state index is -0.658. The van der Waals surface area contributed by atoms with Crippen molar-refractivity contribution in [2.24, 2.45) is 5.73 Å². The van der Waals surface area contributed by atoms with Crippen LogP contribution in [0.4, 0.5) is 15.3 Å². The van der Waals surface area contributed by atoms with Crippen molar-refractivity contribution in [3.05, 3.63) is 29.8 Å². The van der Waals surface area contributed by atoms with E-state index in [1.54, 1.807) is 54.8 Å². The Morgan fingerprint density at radius 2 is 1.69 bits per heavy atom. The number of carbonyl (C=O) groups excluding carboxylic acids is 4. The molecule has 158 valence electrons. The number of amides is 5. The summed E-state index contributed by atoms with van der Waals surface area (Å²) in [5, 5.41) is 4.85. The number of nitrogens with two attached hydrogens (primary N) is 1. The zero-order valence-electron chi connectivity index (χ0n) is 16.9. The second-order valence-electron chi connectivity index (χ2n) is 7.61. The van der Waals surface area contributed by atoms with Crippen molar-refractivity contribution in [1.82, 2.24) is 15.1 Å². The first-order valence-corrected chi connectivity index (χ1v) is 9.25. The van der Waals surface area contributed by atoms with E-state index in [0.717, 1.165) is 0 Å². The number of rotatable bonds is 4. The molecule has 1 heterocycles. The summed E-state index contributed by atoms with van der Waals surface area (Å²) in [6, 6.07) is 5.87. The number of benzene rings is 1. The van der Waals surface area contributed by atoms with Crippen molar-refractivity contribution in [1.29, 1.82) is 0 Å². The van der Waals surface area contributed by atoms with Gasteiger partial charge < -0.3 is 30.9 Å². The molecule has 1 saturated heterocycles. The van der Waals surface area contributed by atoms with Gasteiger partial charge >= 0.3 is 12.1 Å². The number of urea groups is 1. The van der Waals surface area contributed by atoms with Gasteiger partial charge in [-0.3, -0.25) is 9.59 Å². The van der Waals surface area contributed by atoms with E-state index in [2.05, 4.69) is 10.6 Å². The second kappa shape index (κ2) is 9.26. The fourth-order valence-corrected chi connectivity index (χ4v) is 2.67. The van der Waals surface area contributed by atoms with Gasteiger partial charge in [0.2, 0.25) is 5.91 Å². The van der Waals surface area contributed by atoms with Crippen LogP contribution in [-0.4, -0.2) is 72.1 Å². The molecule has 5 amide bonds. The largest absolute Gasteiger partial charge is 0.444 e. The molecular weight excluding hydrogens is 378 g/mol. The third-order valence-corrected chi connectivity index (χ3v) is 4.01. The maximum atomic E-state index is 12.8. The first-order chi connectivity index (χ1) is 13.5. The summed E-state index contributed by atoms with van der Waals surface area (Å²) >= 11 is 0. The fourth-order valence-electron chi connectivity index (χ4n) is 2.67. The van der Waals surface area contributed by atoms with Crippen LogP contribution in [0.2, 0.25) is 0 Å². The van der Waals surface area contributed by atoms with Gasteiger partial charge in [0.15, 0.2) is 0 Å². The topological polar surface area (TPSA) is 134 Å².